The molecule has 20 heavy (non-hydrogen) atoms. The van der Waals surface area contributed by atoms with Crippen LogP contribution in [0, 0.1) is 0 Å². The number of nitrogens with two attached hydrogens (primary N) is 1. The van der Waals surface area contributed by atoms with E-state index in [2.05, 4.69) is 4.74 Å². The summed E-state index contributed by atoms with van der Waals surface area (Å²) in [5, 5.41) is 0. The lowest BCUT2D eigenvalue weighted by Crippen LogP contribution is -2.12. The van der Waals surface area contributed by atoms with Crippen LogP contribution in [0.15, 0.2) is 23.9 Å². The normalized spacial score (nSPS) is 11.1. The molecule has 0 aromatic heterocycles. The minimum atomic E-state index is -0.581. The van der Waals surface area contributed by atoms with Gasteiger partial charge in [0.15, 0.2) is 18.3 Å². The second-order valence-corrected chi connectivity index (χ2v) is 3.78. The molecule has 0 fully saturated rings. The van der Waals surface area contributed by atoms with Crippen LogP contribution in [0.4, 0.5) is 0 Å². The van der Waals surface area contributed by atoms with Crippen LogP contribution in [0.1, 0.15) is 12.5 Å². The number of esters is 1. The molecule has 0 aliphatic heterocycles. The van der Waals surface area contributed by atoms with Gasteiger partial charge in [-0.3, -0.25) is 0 Å². The molecule has 6 nitrogen and oxygen atoms in total. The molecule has 0 amide bonds. The van der Waals surface area contributed by atoms with Crippen molar-refractivity contribution >= 4 is 12.0 Å². The minimum Gasteiger partial charge on any atom is -0.490 e. The molecule has 0 saturated carbocycles. The van der Waals surface area contributed by atoms with Crippen molar-refractivity contribution in [3.8, 4) is 11.5 Å². The zero-order valence-electron chi connectivity index (χ0n) is 11.8. The molecule has 0 aliphatic rings. The van der Waals surface area contributed by atoms with E-state index >= 15 is 0 Å². The highest BCUT2D eigenvalue weighted by Crippen LogP contribution is 2.29. The summed E-state index contributed by atoms with van der Waals surface area (Å²) in [4.78, 5) is 11.2. The molecule has 110 valence electrons. The quantitative estimate of drug-likeness (QED) is 0.464. The Hall–Kier alpha value is -2.21. The van der Waals surface area contributed by atoms with Crippen molar-refractivity contribution in [1.82, 2.24) is 0 Å². The van der Waals surface area contributed by atoms with Gasteiger partial charge in [-0.2, -0.15) is 0 Å². The Bertz CT molecular complexity index is 484. The van der Waals surface area contributed by atoms with E-state index in [0.717, 1.165) is 0 Å². The maximum Gasteiger partial charge on any atom is 0.353 e. The summed E-state index contributed by atoms with van der Waals surface area (Å²) < 4.78 is 20.2. The lowest BCUT2D eigenvalue weighted by Gasteiger charge is -2.12. The van der Waals surface area contributed by atoms with Crippen LogP contribution in [0.2, 0.25) is 0 Å². The van der Waals surface area contributed by atoms with Gasteiger partial charge in [0.2, 0.25) is 0 Å². The Balaban J connectivity index is 3.00. The topological polar surface area (TPSA) is 80.0 Å². The zero-order chi connectivity index (χ0) is 15.0. The van der Waals surface area contributed by atoms with E-state index in [0.29, 0.717) is 23.7 Å². The molecule has 1 aromatic carbocycles. The Morgan fingerprint density at radius 1 is 1.25 bits per heavy atom. The predicted octanol–water partition coefficient (Wildman–Crippen LogP) is 1.54. The maximum absolute atomic E-state index is 11.2. The summed E-state index contributed by atoms with van der Waals surface area (Å²) in [5.41, 5.74) is 6.32. The van der Waals surface area contributed by atoms with Crippen LogP contribution < -0.4 is 15.2 Å². The largest absolute Gasteiger partial charge is 0.490 e. The first-order chi connectivity index (χ1) is 9.62. The van der Waals surface area contributed by atoms with Crippen molar-refractivity contribution in [2.24, 2.45) is 5.73 Å². The van der Waals surface area contributed by atoms with E-state index in [-0.39, 0.29) is 12.5 Å². The summed E-state index contributed by atoms with van der Waals surface area (Å²) in [6.45, 7) is 2.48. The number of methoxy groups -OCH3 is 2. The van der Waals surface area contributed by atoms with Gasteiger partial charge in [0.1, 0.15) is 5.70 Å². The van der Waals surface area contributed by atoms with Gasteiger partial charge in [-0.25, -0.2) is 4.79 Å². The highest BCUT2D eigenvalue weighted by atomic mass is 16.7. The first kappa shape index (κ1) is 15.8. The van der Waals surface area contributed by atoms with Crippen LogP contribution in [0.25, 0.3) is 6.08 Å². The van der Waals surface area contributed by atoms with E-state index in [1.54, 1.807) is 18.2 Å². The number of hydrogen-bond acceptors (Lipinski definition) is 6. The fourth-order valence-corrected chi connectivity index (χ4v) is 1.48. The monoisotopic (exact) mass is 281 g/mol. The zero-order valence-corrected chi connectivity index (χ0v) is 11.8. The standard InChI is InChI=1S/C14H19NO5/c1-4-19-13-8-10(7-11(15)14(16)18-3)5-6-12(13)20-9-17-2/h5-8H,4,9,15H2,1-3H3/b11-7-. The number of ether oxygens (including phenoxy) is 4. The van der Waals surface area contributed by atoms with E-state index in [4.69, 9.17) is 19.9 Å². The van der Waals surface area contributed by atoms with Crippen molar-refractivity contribution in [2.75, 3.05) is 27.6 Å². The molecule has 0 unspecified atom stereocenters. The molecule has 6 heteroatoms. The number of rotatable bonds is 7. The molecular weight excluding hydrogens is 262 g/mol. The average molecular weight is 281 g/mol. The van der Waals surface area contributed by atoms with E-state index < -0.39 is 5.97 Å². The second kappa shape index (κ2) is 8.06. The lowest BCUT2D eigenvalue weighted by atomic mass is 10.1. The average Bonchev–Trinajstić information content (AvgIpc) is 2.45. The molecule has 0 atom stereocenters. The van der Waals surface area contributed by atoms with Crippen LogP contribution in [-0.2, 0) is 14.3 Å². The Morgan fingerprint density at radius 3 is 2.60 bits per heavy atom. The van der Waals surface area contributed by atoms with Crippen molar-refractivity contribution in [1.29, 1.82) is 0 Å². The number of carbonyl (C=O) groups is 1. The van der Waals surface area contributed by atoms with Crippen molar-refractivity contribution in [2.45, 2.75) is 6.92 Å². The van der Waals surface area contributed by atoms with Gasteiger partial charge >= 0.3 is 5.97 Å². The molecule has 1 rings (SSSR count). The molecular formula is C14H19NO5. The minimum absolute atomic E-state index is 0.0144. The maximum atomic E-state index is 11.2. The molecule has 0 bridgehead atoms. The van der Waals surface area contributed by atoms with Crippen LogP contribution >= 0.6 is 0 Å². The highest BCUT2D eigenvalue weighted by molar-refractivity contribution is 5.92. The summed E-state index contributed by atoms with van der Waals surface area (Å²) in [7, 11) is 2.81. The number of carbonyl (C=O) groups excluding carboxylic acids is 1. The first-order valence-corrected chi connectivity index (χ1v) is 6.06. The van der Waals surface area contributed by atoms with Crippen LogP contribution in [-0.4, -0.2) is 33.6 Å². The summed E-state index contributed by atoms with van der Waals surface area (Å²) in [6, 6.07) is 5.20. The molecule has 0 spiro atoms. The summed E-state index contributed by atoms with van der Waals surface area (Å²) in [5.74, 6) is 0.529. The Labute approximate surface area is 118 Å². The van der Waals surface area contributed by atoms with Gasteiger partial charge in [0, 0.05) is 7.11 Å². The van der Waals surface area contributed by atoms with Crippen molar-refractivity contribution in [3.05, 3.63) is 29.5 Å². The SMILES string of the molecule is CCOc1cc(/C=C(\N)C(=O)OC)ccc1OCOC. The van der Waals surface area contributed by atoms with Crippen LogP contribution in [0.3, 0.4) is 0 Å². The lowest BCUT2D eigenvalue weighted by molar-refractivity contribution is -0.136. The van der Waals surface area contributed by atoms with Gasteiger partial charge in [0.25, 0.3) is 0 Å². The third-order valence-corrected chi connectivity index (χ3v) is 2.34. The third-order valence-electron chi connectivity index (χ3n) is 2.34. The predicted molar refractivity (Wildman–Crippen MR) is 74.3 cm³/mol. The fourth-order valence-electron chi connectivity index (χ4n) is 1.48. The summed E-state index contributed by atoms with van der Waals surface area (Å²) in [6.07, 6.45) is 1.51. The Morgan fingerprint density at radius 2 is 2.00 bits per heavy atom. The molecule has 0 radical (unpaired) electrons. The number of benzene rings is 1. The number of hydrogen-bond donors (Lipinski definition) is 1. The summed E-state index contributed by atoms with van der Waals surface area (Å²) >= 11 is 0. The smallest absolute Gasteiger partial charge is 0.353 e. The third kappa shape index (κ3) is 4.47. The van der Waals surface area contributed by atoms with Crippen LogP contribution in [0.5, 0.6) is 11.5 Å². The van der Waals surface area contributed by atoms with Gasteiger partial charge in [-0.05, 0) is 30.7 Å². The van der Waals surface area contributed by atoms with Gasteiger partial charge < -0.3 is 24.7 Å². The molecule has 0 saturated heterocycles. The van der Waals surface area contributed by atoms with E-state index in [1.807, 2.05) is 6.92 Å². The Kier molecular flexibility index (Phi) is 6.39. The van der Waals surface area contributed by atoms with Gasteiger partial charge in [-0.15, -0.1) is 0 Å². The first-order valence-electron chi connectivity index (χ1n) is 6.06. The van der Waals surface area contributed by atoms with Crippen molar-refractivity contribution < 1.29 is 23.7 Å². The van der Waals surface area contributed by atoms with E-state index in [1.165, 1.54) is 20.3 Å². The molecule has 0 heterocycles. The van der Waals surface area contributed by atoms with E-state index in [9.17, 15) is 4.79 Å². The highest BCUT2D eigenvalue weighted by Gasteiger charge is 2.08. The fraction of sp³-hybridized carbons (Fsp3) is 0.357. The van der Waals surface area contributed by atoms with Gasteiger partial charge in [-0.1, -0.05) is 6.07 Å². The molecule has 2 N–H and O–H groups in total. The van der Waals surface area contributed by atoms with Crippen molar-refractivity contribution in [3.63, 3.8) is 0 Å². The molecule has 0 aliphatic carbocycles. The molecule has 1 aromatic rings. The van der Waals surface area contributed by atoms with Gasteiger partial charge in [0.05, 0.1) is 13.7 Å². The second-order valence-electron chi connectivity index (χ2n) is 3.78.